The van der Waals surface area contributed by atoms with Crippen LogP contribution < -0.4 is 5.73 Å². The fourth-order valence-electron chi connectivity index (χ4n) is 1.46. The lowest BCUT2D eigenvalue weighted by Crippen LogP contribution is -2.33. The second kappa shape index (κ2) is 4.78. The molecule has 5 heteroatoms. The summed E-state index contributed by atoms with van der Waals surface area (Å²) in [6.07, 6.45) is 3.09. The molecule has 0 aromatic carbocycles. The number of carbonyl (C=O) groups is 2. The molecule has 90 valence electrons. The minimum atomic E-state index is -0.204. The van der Waals surface area contributed by atoms with Gasteiger partial charge in [-0.15, -0.1) is 0 Å². The van der Waals surface area contributed by atoms with E-state index < -0.39 is 0 Å². The second-order valence-corrected chi connectivity index (χ2v) is 3.61. The molecule has 0 saturated carbocycles. The Hall–Kier alpha value is -2.17. The molecule has 5 nitrogen and oxygen atoms in total. The zero-order chi connectivity index (χ0) is 13.2. The summed E-state index contributed by atoms with van der Waals surface area (Å²) >= 11 is 0. The highest BCUT2D eigenvalue weighted by Gasteiger charge is 2.25. The van der Waals surface area contributed by atoms with Gasteiger partial charge in [-0.25, -0.2) is 4.99 Å². The smallest absolute Gasteiger partial charge is 0.178 e. The lowest BCUT2D eigenvalue weighted by molar-refractivity contribution is -0.114. The lowest BCUT2D eigenvalue weighted by atomic mass is 10.1. The molecule has 0 aromatic rings. The van der Waals surface area contributed by atoms with Crippen LogP contribution >= 0.6 is 0 Å². The Bertz CT molecular complexity index is 484. The maximum atomic E-state index is 11.5. The van der Waals surface area contributed by atoms with Crippen molar-refractivity contribution in [3.05, 3.63) is 36.1 Å². The predicted molar refractivity (Wildman–Crippen MR) is 65.8 cm³/mol. The SMILES string of the molecule is C=C(N)N1C(C(C)=O)=CC(C(C)=O)=N/C1=C/C. The molecule has 0 bridgehead atoms. The Kier molecular flexibility index (Phi) is 3.62. The number of aliphatic imine (C=N–C) groups is 1. The van der Waals surface area contributed by atoms with E-state index in [4.69, 9.17) is 5.73 Å². The number of nitrogens with zero attached hydrogens (tertiary/aromatic N) is 2. The number of nitrogens with two attached hydrogens (primary N) is 1. The maximum absolute atomic E-state index is 11.5. The van der Waals surface area contributed by atoms with Crippen LogP contribution in [0, 0.1) is 0 Å². The molecule has 1 aliphatic rings. The summed E-state index contributed by atoms with van der Waals surface area (Å²) in [4.78, 5) is 28.4. The Balaban J connectivity index is 3.38. The Labute approximate surface area is 100.0 Å². The zero-order valence-corrected chi connectivity index (χ0v) is 10.2. The van der Waals surface area contributed by atoms with Gasteiger partial charge in [-0.2, -0.15) is 0 Å². The monoisotopic (exact) mass is 233 g/mol. The molecule has 0 spiro atoms. The van der Waals surface area contributed by atoms with Crippen molar-refractivity contribution in [2.75, 3.05) is 0 Å². The van der Waals surface area contributed by atoms with Gasteiger partial charge in [0, 0.05) is 13.8 Å². The van der Waals surface area contributed by atoms with E-state index in [9.17, 15) is 9.59 Å². The van der Waals surface area contributed by atoms with Crippen LogP contribution in [0.1, 0.15) is 20.8 Å². The first-order chi connectivity index (χ1) is 7.88. The van der Waals surface area contributed by atoms with E-state index in [1.165, 1.54) is 24.8 Å². The van der Waals surface area contributed by atoms with Crippen LogP contribution in [0.25, 0.3) is 0 Å². The summed E-state index contributed by atoms with van der Waals surface area (Å²) in [5.74, 6) is 0.205. The number of Topliss-reactive ketones (excluding diaryl/α,β-unsaturated/α-hetero) is 2. The molecule has 17 heavy (non-hydrogen) atoms. The van der Waals surface area contributed by atoms with Gasteiger partial charge in [0.25, 0.3) is 0 Å². The van der Waals surface area contributed by atoms with Gasteiger partial charge in [0.05, 0.1) is 5.70 Å². The highest BCUT2D eigenvalue weighted by Crippen LogP contribution is 2.23. The third kappa shape index (κ3) is 2.50. The van der Waals surface area contributed by atoms with Crippen molar-refractivity contribution >= 4 is 17.3 Å². The number of carbonyl (C=O) groups excluding carboxylic acids is 2. The maximum Gasteiger partial charge on any atom is 0.178 e. The molecule has 1 rings (SSSR count). The van der Waals surface area contributed by atoms with E-state index in [1.807, 2.05) is 0 Å². The number of ketones is 2. The van der Waals surface area contributed by atoms with E-state index >= 15 is 0 Å². The molecular formula is C12H15N3O2. The first-order valence-corrected chi connectivity index (χ1v) is 5.11. The van der Waals surface area contributed by atoms with Crippen LogP contribution in [0.15, 0.2) is 41.1 Å². The predicted octanol–water partition coefficient (Wildman–Crippen LogP) is 1.10. The summed E-state index contributed by atoms with van der Waals surface area (Å²) in [6, 6.07) is 0. The number of rotatable bonds is 3. The molecule has 1 aliphatic heterocycles. The minimum absolute atomic E-state index is 0.186. The van der Waals surface area contributed by atoms with Gasteiger partial charge >= 0.3 is 0 Å². The van der Waals surface area contributed by atoms with E-state index in [0.717, 1.165) is 0 Å². The average molecular weight is 233 g/mol. The van der Waals surface area contributed by atoms with Crippen LogP contribution in [-0.2, 0) is 9.59 Å². The quantitative estimate of drug-likeness (QED) is 0.791. The molecule has 0 unspecified atom stereocenters. The standard InChI is InChI=1S/C12H15N3O2/c1-5-12-14-10(7(2)16)6-11(8(3)17)15(12)9(4)13/h5-6H,4,13H2,1-3H3/b12-5-. The van der Waals surface area contributed by atoms with Gasteiger partial charge in [-0.1, -0.05) is 6.58 Å². The van der Waals surface area contributed by atoms with Gasteiger partial charge < -0.3 is 5.73 Å². The van der Waals surface area contributed by atoms with E-state index in [1.54, 1.807) is 13.0 Å². The molecule has 0 amide bonds. The summed E-state index contributed by atoms with van der Waals surface area (Å²) in [7, 11) is 0. The molecule has 2 N–H and O–H groups in total. The fraction of sp³-hybridized carbons (Fsp3) is 0.250. The van der Waals surface area contributed by atoms with Crippen molar-refractivity contribution in [1.82, 2.24) is 4.90 Å². The molecule has 0 aliphatic carbocycles. The normalized spacial score (nSPS) is 17.6. The Morgan fingerprint density at radius 3 is 2.35 bits per heavy atom. The van der Waals surface area contributed by atoms with Crippen molar-refractivity contribution < 1.29 is 9.59 Å². The van der Waals surface area contributed by atoms with Crippen molar-refractivity contribution in [3.63, 3.8) is 0 Å². The van der Waals surface area contributed by atoms with Crippen molar-refractivity contribution in [2.45, 2.75) is 20.8 Å². The summed E-state index contributed by atoms with van der Waals surface area (Å²) in [5, 5.41) is 0. The van der Waals surface area contributed by atoms with Crippen LogP contribution in [0.5, 0.6) is 0 Å². The molecule has 0 radical (unpaired) electrons. The largest absolute Gasteiger partial charge is 0.385 e. The van der Waals surface area contributed by atoms with Crippen LogP contribution in [0.3, 0.4) is 0 Å². The number of hydrogen-bond donors (Lipinski definition) is 1. The molecule has 0 fully saturated rings. The first kappa shape index (κ1) is 12.9. The summed E-state index contributed by atoms with van der Waals surface area (Å²) < 4.78 is 0. The lowest BCUT2D eigenvalue weighted by Gasteiger charge is -2.28. The van der Waals surface area contributed by atoms with Crippen LogP contribution in [0.4, 0.5) is 0 Å². The molecular weight excluding hydrogens is 218 g/mol. The highest BCUT2D eigenvalue weighted by molar-refractivity contribution is 6.44. The third-order valence-corrected chi connectivity index (χ3v) is 2.25. The van der Waals surface area contributed by atoms with Crippen molar-refractivity contribution in [3.8, 4) is 0 Å². The van der Waals surface area contributed by atoms with E-state index in [0.29, 0.717) is 11.5 Å². The molecule has 1 heterocycles. The first-order valence-electron chi connectivity index (χ1n) is 5.11. The van der Waals surface area contributed by atoms with Crippen molar-refractivity contribution in [1.29, 1.82) is 0 Å². The van der Waals surface area contributed by atoms with Crippen molar-refractivity contribution in [2.24, 2.45) is 10.7 Å². The molecule has 0 saturated heterocycles. The minimum Gasteiger partial charge on any atom is -0.385 e. The Morgan fingerprint density at radius 1 is 1.41 bits per heavy atom. The number of hydrogen-bond acceptors (Lipinski definition) is 5. The summed E-state index contributed by atoms with van der Waals surface area (Å²) in [5.41, 5.74) is 6.16. The van der Waals surface area contributed by atoms with Gasteiger partial charge in [-0.05, 0) is 19.1 Å². The van der Waals surface area contributed by atoms with Gasteiger partial charge in [0.15, 0.2) is 11.6 Å². The zero-order valence-electron chi connectivity index (χ0n) is 10.2. The number of allylic oxidation sites excluding steroid dienone is 3. The third-order valence-electron chi connectivity index (χ3n) is 2.25. The van der Waals surface area contributed by atoms with Gasteiger partial charge in [0.2, 0.25) is 0 Å². The van der Waals surface area contributed by atoms with E-state index in [2.05, 4.69) is 11.6 Å². The van der Waals surface area contributed by atoms with Gasteiger partial charge in [-0.3, -0.25) is 14.5 Å². The van der Waals surface area contributed by atoms with E-state index in [-0.39, 0.29) is 23.1 Å². The van der Waals surface area contributed by atoms with Crippen LogP contribution in [0.2, 0.25) is 0 Å². The van der Waals surface area contributed by atoms with Gasteiger partial charge in [0.1, 0.15) is 17.4 Å². The Morgan fingerprint density at radius 2 is 2.00 bits per heavy atom. The fourth-order valence-corrected chi connectivity index (χ4v) is 1.46. The van der Waals surface area contributed by atoms with Crippen LogP contribution in [-0.4, -0.2) is 22.2 Å². The molecule has 0 atom stereocenters. The average Bonchev–Trinajstić information content (AvgIpc) is 2.26. The topological polar surface area (TPSA) is 75.8 Å². The highest BCUT2D eigenvalue weighted by atomic mass is 16.1. The molecule has 0 aromatic heterocycles. The summed E-state index contributed by atoms with van der Waals surface area (Å²) in [6.45, 7) is 8.14. The second-order valence-electron chi connectivity index (χ2n) is 3.61.